The van der Waals surface area contributed by atoms with Crippen molar-refractivity contribution in [2.75, 3.05) is 37.6 Å². The second-order valence-corrected chi connectivity index (χ2v) is 7.90. The molecule has 0 aromatic heterocycles. The SMILES string of the molecule is CC1CCCN1S(=O)(=O)N1CCN(c2cccc(O)c2)CC1. The van der Waals surface area contributed by atoms with E-state index in [1.807, 2.05) is 13.0 Å². The smallest absolute Gasteiger partial charge is 0.282 e. The number of nitrogens with zero attached hydrogens (tertiary/aromatic N) is 3. The van der Waals surface area contributed by atoms with Gasteiger partial charge in [-0.15, -0.1) is 0 Å². The van der Waals surface area contributed by atoms with Gasteiger partial charge >= 0.3 is 0 Å². The first-order valence-electron chi connectivity index (χ1n) is 7.79. The first-order chi connectivity index (χ1) is 10.5. The van der Waals surface area contributed by atoms with Crippen LogP contribution in [-0.4, -0.2) is 60.9 Å². The van der Waals surface area contributed by atoms with E-state index in [9.17, 15) is 13.5 Å². The Kier molecular flexibility index (Phi) is 4.29. The predicted octanol–water partition coefficient (Wildman–Crippen LogP) is 1.24. The highest BCUT2D eigenvalue weighted by atomic mass is 32.2. The van der Waals surface area contributed by atoms with Crippen LogP contribution in [0.5, 0.6) is 5.75 Å². The summed E-state index contributed by atoms with van der Waals surface area (Å²) in [4.78, 5) is 2.11. The Morgan fingerprint density at radius 3 is 2.45 bits per heavy atom. The lowest BCUT2D eigenvalue weighted by Gasteiger charge is -2.37. The lowest BCUT2D eigenvalue weighted by molar-refractivity contribution is 0.321. The number of benzene rings is 1. The van der Waals surface area contributed by atoms with Crippen molar-refractivity contribution in [1.82, 2.24) is 8.61 Å². The monoisotopic (exact) mass is 325 g/mol. The highest BCUT2D eigenvalue weighted by molar-refractivity contribution is 7.86. The van der Waals surface area contributed by atoms with Crippen molar-refractivity contribution in [3.63, 3.8) is 0 Å². The van der Waals surface area contributed by atoms with Gasteiger partial charge in [0.2, 0.25) is 0 Å². The lowest BCUT2D eigenvalue weighted by atomic mass is 10.2. The fourth-order valence-electron chi connectivity index (χ4n) is 3.26. The van der Waals surface area contributed by atoms with Gasteiger partial charge in [0, 0.05) is 50.5 Å². The fraction of sp³-hybridized carbons (Fsp3) is 0.600. The second kappa shape index (κ2) is 6.06. The van der Waals surface area contributed by atoms with Crippen molar-refractivity contribution in [1.29, 1.82) is 0 Å². The van der Waals surface area contributed by atoms with Crippen LogP contribution < -0.4 is 4.90 Å². The molecule has 2 saturated heterocycles. The summed E-state index contributed by atoms with van der Waals surface area (Å²) in [5, 5.41) is 9.56. The Morgan fingerprint density at radius 1 is 1.14 bits per heavy atom. The van der Waals surface area contributed by atoms with Gasteiger partial charge < -0.3 is 10.0 Å². The van der Waals surface area contributed by atoms with Gasteiger partial charge in [-0.2, -0.15) is 17.0 Å². The van der Waals surface area contributed by atoms with Crippen molar-refractivity contribution in [2.45, 2.75) is 25.8 Å². The van der Waals surface area contributed by atoms with Crippen LogP contribution in [0, 0.1) is 0 Å². The molecule has 1 unspecified atom stereocenters. The van der Waals surface area contributed by atoms with Crippen LogP contribution in [0.2, 0.25) is 0 Å². The Hall–Kier alpha value is -1.31. The van der Waals surface area contributed by atoms with Gasteiger partial charge in [-0.05, 0) is 31.9 Å². The Balaban J connectivity index is 1.66. The van der Waals surface area contributed by atoms with Gasteiger partial charge in [-0.3, -0.25) is 0 Å². The Morgan fingerprint density at radius 2 is 1.86 bits per heavy atom. The molecule has 22 heavy (non-hydrogen) atoms. The predicted molar refractivity (Wildman–Crippen MR) is 86.2 cm³/mol. The summed E-state index contributed by atoms with van der Waals surface area (Å²) in [5.41, 5.74) is 0.937. The molecule has 1 aromatic rings. The number of hydrogen-bond acceptors (Lipinski definition) is 4. The van der Waals surface area contributed by atoms with Crippen molar-refractivity contribution < 1.29 is 13.5 Å². The van der Waals surface area contributed by atoms with Gasteiger partial charge in [-0.1, -0.05) is 6.07 Å². The minimum Gasteiger partial charge on any atom is -0.508 e. The average Bonchev–Trinajstić information content (AvgIpc) is 2.94. The molecule has 122 valence electrons. The number of anilines is 1. The maximum absolute atomic E-state index is 12.7. The van der Waals surface area contributed by atoms with Gasteiger partial charge in [-0.25, -0.2) is 0 Å². The summed E-state index contributed by atoms with van der Waals surface area (Å²) in [6.07, 6.45) is 1.89. The van der Waals surface area contributed by atoms with E-state index in [-0.39, 0.29) is 11.8 Å². The zero-order valence-electron chi connectivity index (χ0n) is 12.9. The number of piperazine rings is 1. The van der Waals surface area contributed by atoms with E-state index >= 15 is 0 Å². The number of hydrogen-bond donors (Lipinski definition) is 1. The third-order valence-corrected chi connectivity index (χ3v) is 6.70. The molecule has 0 aliphatic carbocycles. The van der Waals surface area contributed by atoms with Crippen molar-refractivity contribution >= 4 is 15.9 Å². The lowest BCUT2D eigenvalue weighted by Crippen LogP contribution is -2.53. The molecule has 7 heteroatoms. The molecule has 0 amide bonds. The molecular formula is C15H23N3O3S. The van der Waals surface area contributed by atoms with Crippen LogP contribution in [-0.2, 0) is 10.2 Å². The molecular weight excluding hydrogens is 302 g/mol. The van der Waals surface area contributed by atoms with Gasteiger partial charge in [0.15, 0.2) is 0 Å². The van der Waals surface area contributed by atoms with E-state index in [0.29, 0.717) is 32.7 Å². The Labute approximate surface area is 132 Å². The van der Waals surface area contributed by atoms with Crippen LogP contribution in [0.25, 0.3) is 0 Å². The molecule has 3 rings (SSSR count). The van der Waals surface area contributed by atoms with Crippen molar-refractivity contribution in [3.8, 4) is 5.75 Å². The molecule has 0 bridgehead atoms. The molecule has 2 aliphatic rings. The summed E-state index contributed by atoms with van der Waals surface area (Å²) in [7, 11) is -3.33. The largest absolute Gasteiger partial charge is 0.508 e. The molecule has 6 nitrogen and oxygen atoms in total. The zero-order chi connectivity index (χ0) is 15.7. The molecule has 0 saturated carbocycles. The quantitative estimate of drug-likeness (QED) is 0.908. The van der Waals surface area contributed by atoms with Crippen molar-refractivity contribution in [3.05, 3.63) is 24.3 Å². The summed E-state index contributed by atoms with van der Waals surface area (Å²) in [6, 6.07) is 7.20. The third kappa shape index (κ3) is 2.93. The first kappa shape index (κ1) is 15.6. The average molecular weight is 325 g/mol. The van der Waals surface area contributed by atoms with E-state index in [0.717, 1.165) is 18.5 Å². The third-order valence-electron chi connectivity index (χ3n) is 4.55. The maximum atomic E-state index is 12.7. The zero-order valence-corrected chi connectivity index (χ0v) is 13.7. The summed E-state index contributed by atoms with van der Waals surface area (Å²) in [6.45, 7) is 4.88. The van der Waals surface area contributed by atoms with Crippen LogP contribution in [0.3, 0.4) is 0 Å². The topological polar surface area (TPSA) is 64.1 Å². The molecule has 2 fully saturated rings. The first-order valence-corrected chi connectivity index (χ1v) is 9.19. The molecule has 2 heterocycles. The molecule has 0 radical (unpaired) electrons. The number of rotatable bonds is 3. The maximum Gasteiger partial charge on any atom is 0.282 e. The highest BCUT2D eigenvalue weighted by Gasteiger charge is 2.37. The minimum atomic E-state index is -3.33. The molecule has 1 N–H and O–H groups in total. The number of phenolic OH excluding ortho intramolecular Hbond substituents is 1. The summed E-state index contributed by atoms with van der Waals surface area (Å²) < 4.78 is 28.6. The van der Waals surface area contributed by atoms with E-state index in [1.54, 1.807) is 26.8 Å². The van der Waals surface area contributed by atoms with Gasteiger partial charge in [0.05, 0.1) is 0 Å². The molecule has 1 aromatic carbocycles. The fourth-order valence-corrected chi connectivity index (χ4v) is 5.11. The highest BCUT2D eigenvalue weighted by Crippen LogP contribution is 2.25. The van der Waals surface area contributed by atoms with E-state index < -0.39 is 10.2 Å². The summed E-state index contributed by atoms with van der Waals surface area (Å²) >= 11 is 0. The van der Waals surface area contributed by atoms with Crippen LogP contribution in [0.4, 0.5) is 5.69 Å². The molecule has 2 aliphatic heterocycles. The summed E-state index contributed by atoms with van der Waals surface area (Å²) in [5.74, 6) is 0.235. The van der Waals surface area contributed by atoms with Crippen LogP contribution in [0.1, 0.15) is 19.8 Å². The van der Waals surface area contributed by atoms with E-state index in [1.165, 1.54) is 0 Å². The van der Waals surface area contributed by atoms with Crippen molar-refractivity contribution in [2.24, 2.45) is 0 Å². The van der Waals surface area contributed by atoms with Gasteiger partial charge in [0.25, 0.3) is 10.2 Å². The standard InChI is InChI=1S/C15H23N3O3S/c1-13-4-3-7-18(13)22(20,21)17-10-8-16(9-11-17)14-5-2-6-15(19)12-14/h2,5-6,12-13,19H,3-4,7-11H2,1H3. The number of aromatic hydroxyl groups is 1. The number of phenols is 1. The second-order valence-electron chi connectivity index (χ2n) is 6.02. The Bertz CT molecular complexity index is 627. The van der Waals surface area contributed by atoms with Gasteiger partial charge in [0.1, 0.15) is 5.75 Å². The molecule has 1 atom stereocenters. The minimum absolute atomic E-state index is 0.106. The molecule has 0 spiro atoms. The van der Waals surface area contributed by atoms with Crippen LogP contribution in [0.15, 0.2) is 24.3 Å². The normalized spacial score (nSPS) is 24.8. The van der Waals surface area contributed by atoms with E-state index in [4.69, 9.17) is 0 Å². The van der Waals surface area contributed by atoms with Crippen LogP contribution >= 0.6 is 0 Å². The van der Waals surface area contributed by atoms with E-state index in [2.05, 4.69) is 4.90 Å².